The molecular weight excluding hydrogens is 220 g/mol. The largest absolute Gasteiger partial charge is 0.507 e. The van der Waals surface area contributed by atoms with Gasteiger partial charge in [-0.25, -0.2) is 0 Å². The fourth-order valence-corrected chi connectivity index (χ4v) is 1.38. The van der Waals surface area contributed by atoms with Gasteiger partial charge in [-0.3, -0.25) is 0 Å². The molecule has 0 aliphatic rings. The molecule has 0 aromatic heterocycles. The fourth-order valence-electron chi connectivity index (χ4n) is 1.25. The Morgan fingerprint density at radius 1 is 0.875 bits per heavy atom. The van der Waals surface area contributed by atoms with E-state index in [9.17, 15) is 5.11 Å². The number of hydrogen-bond donors (Lipinski definition) is 1. The lowest BCUT2D eigenvalue weighted by Gasteiger charge is -1.94. The van der Waals surface area contributed by atoms with Crippen LogP contribution >= 0.6 is 11.6 Å². The van der Waals surface area contributed by atoms with Crippen molar-refractivity contribution in [2.75, 3.05) is 0 Å². The van der Waals surface area contributed by atoms with Crippen LogP contribution in [0, 0.1) is 11.8 Å². The Hall–Kier alpha value is -1.91. The minimum atomic E-state index is 0.198. The average Bonchev–Trinajstić information content (AvgIpc) is 2.30. The molecule has 0 aliphatic carbocycles. The topological polar surface area (TPSA) is 20.2 Å². The summed E-state index contributed by atoms with van der Waals surface area (Å²) in [6, 6.07) is 14.3. The van der Waals surface area contributed by atoms with Crippen LogP contribution in [-0.4, -0.2) is 5.11 Å². The van der Waals surface area contributed by atoms with Gasteiger partial charge >= 0.3 is 0 Å². The van der Waals surface area contributed by atoms with Gasteiger partial charge in [0.15, 0.2) is 0 Å². The Kier molecular flexibility index (Phi) is 3.14. The SMILES string of the molecule is Oc1ccccc1C#Cc1ccc(Cl)cc1. The summed E-state index contributed by atoms with van der Waals surface area (Å²) in [6.45, 7) is 0. The molecule has 2 aromatic rings. The van der Waals surface area contributed by atoms with Crippen molar-refractivity contribution in [2.24, 2.45) is 0 Å². The first kappa shape index (κ1) is 10.6. The van der Waals surface area contributed by atoms with Gasteiger partial charge in [-0.15, -0.1) is 0 Å². The Labute approximate surface area is 99.3 Å². The smallest absolute Gasteiger partial charge is 0.131 e. The second kappa shape index (κ2) is 4.74. The predicted molar refractivity (Wildman–Crippen MR) is 65.5 cm³/mol. The van der Waals surface area contributed by atoms with Crippen LogP contribution in [0.25, 0.3) is 0 Å². The first-order valence-corrected chi connectivity index (χ1v) is 5.19. The summed E-state index contributed by atoms with van der Waals surface area (Å²) in [5, 5.41) is 10.2. The monoisotopic (exact) mass is 228 g/mol. The van der Waals surface area contributed by atoms with Gasteiger partial charge in [0.1, 0.15) is 5.75 Å². The molecule has 2 heteroatoms. The zero-order valence-electron chi connectivity index (χ0n) is 8.44. The Morgan fingerprint density at radius 2 is 1.56 bits per heavy atom. The molecule has 78 valence electrons. The standard InChI is InChI=1S/C14H9ClO/c15-13-9-6-11(7-10-13)5-8-12-3-1-2-4-14(12)16/h1-4,6-7,9-10,16H. The van der Waals surface area contributed by atoms with Crippen LogP contribution in [0.1, 0.15) is 11.1 Å². The second-order valence-electron chi connectivity index (χ2n) is 3.27. The summed E-state index contributed by atoms with van der Waals surface area (Å²) in [7, 11) is 0. The van der Waals surface area contributed by atoms with Crippen molar-refractivity contribution in [1.29, 1.82) is 0 Å². The maximum Gasteiger partial charge on any atom is 0.131 e. The molecular formula is C14H9ClO. The van der Waals surface area contributed by atoms with Crippen molar-refractivity contribution < 1.29 is 5.11 Å². The third-order valence-electron chi connectivity index (χ3n) is 2.09. The zero-order chi connectivity index (χ0) is 11.4. The van der Waals surface area contributed by atoms with Gasteiger partial charge in [-0.05, 0) is 36.4 Å². The zero-order valence-corrected chi connectivity index (χ0v) is 9.20. The summed E-state index contributed by atoms with van der Waals surface area (Å²) in [5.41, 5.74) is 1.49. The summed E-state index contributed by atoms with van der Waals surface area (Å²) in [5.74, 6) is 6.06. The molecule has 0 radical (unpaired) electrons. The number of hydrogen-bond acceptors (Lipinski definition) is 1. The molecule has 0 unspecified atom stereocenters. The number of para-hydroxylation sites is 1. The van der Waals surface area contributed by atoms with Crippen LogP contribution < -0.4 is 0 Å². The van der Waals surface area contributed by atoms with Crippen LogP contribution in [0.5, 0.6) is 5.75 Å². The van der Waals surface area contributed by atoms with E-state index < -0.39 is 0 Å². The minimum Gasteiger partial charge on any atom is -0.507 e. The summed E-state index contributed by atoms with van der Waals surface area (Å²) in [6.07, 6.45) is 0. The van der Waals surface area contributed by atoms with E-state index >= 15 is 0 Å². The lowest BCUT2D eigenvalue weighted by Crippen LogP contribution is -1.76. The summed E-state index contributed by atoms with van der Waals surface area (Å²) in [4.78, 5) is 0. The van der Waals surface area contributed by atoms with E-state index in [0.29, 0.717) is 10.6 Å². The van der Waals surface area contributed by atoms with Crippen LogP contribution in [0.2, 0.25) is 5.02 Å². The Bertz CT molecular complexity index is 547. The lowest BCUT2D eigenvalue weighted by atomic mass is 10.1. The van der Waals surface area contributed by atoms with Gasteiger partial charge in [0.05, 0.1) is 5.56 Å². The lowest BCUT2D eigenvalue weighted by molar-refractivity contribution is 0.473. The average molecular weight is 229 g/mol. The van der Waals surface area contributed by atoms with Gasteiger partial charge in [0.25, 0.3) is 0 Å². The number of aromatic hydroxyl groups is 1. The van der Waals surface area contributed by atoms with E-state index in [1.165, 1.54) is 0 Å². The van der Waals surface area contributed by atoms with Gasteiger partial charge in [-0.1, -0.05) is 35.6 Å². The number of benzene rings is 2. The summed E-state index contributed by atoms with van der Waals surface area (Å²) < 4.78 is 0. The van der Waals surface area contributed by atoms with Crippen molar-refractivity contribution in [2.45, 2.75) is 0 Å². The Morgan fingerprint density at radius 3 is 2.25 bits per heavy atom. The van der Waals surface area contributed by atoms with Gasteiger partial charge in [0.2, 0.25) is 0 Å². The highest BCUT2D eigenvalue weighted by Gasteiger charge is 1.93. The highest BCUT2D eigenvalue weighted by atomic mass is 35.5. The first-order chi connectivity index (χ1) is 7.75. The molecule has 1 nitrogen and oxygen atoms in total. The molecule has 0 bridgehead atoms. The van der Waals surface area contributed by atoms with Crippen molar-refractivity contribution >= 4 is 11.6 Å². The van der Waals surface area contributed by atoms with Crippen molar-refractivity contribution in [3.05, 3.63) is 64.7 Å². The van der Waals surface area contributed by atoms with E-state index in [0.717, 1.165) is 5.56 Å². The first-order valence-electron chi connectivity index (χ1n) is 4.81. The number of halogens is 1. The number of rotatable bonds is 0. The molecule has 0 amide bonds. The molecule has 0 saturated carbocycles. The molecule has 0 fully saturated rings. The van der Waals surface area contributed by atoms with E-state index in [2.05, 4.69) is 11.8 Å². The van der Waals surface area contributed by atoms with Crippen molar-refractivity contribution in [1.82, 2.24) is 0 Å². The molecule has 0 spiro atoms. The molecule has 0 aliphatic heterocycles. The van der Waals surface area contributed by atoms with Gasteiger partial charge in [-0.2, -0.15) is 0 Å². The second-order valence-corrected chi connectivity index (χ2v) is 3.71. The molecule has 0 heterocycles. The molecule has 0 atom stereocenters. The molecule has 1 N–H and O–H groups in total. The molecule has 16 heavy (non-hydrogen) atoms. The third kappa shape index (κ3) is 2.56. The number of phenolic OH excluding ortho intramolecular Hbond substituents is 1. The minimum absolute atomic E-state index is 0.198. The third-order valence-corrected chi connectivity index (χ3v) is 2.34. The van der Waals surface area contributed by atoms with E-state index in [-0.39, 0.29) is 5.75 Å². The molecule has 2 aromatic carbocycles. The van der Waals surface area contributed by atoms with Crippen molar-refractivity contribution in [3.63, 3.8) is 0 Å². The maximum atomic E-state index is 9.51. The quantitative estimate of drug-likeness (QED) is 0.685. The van der Waals surface area contributed by atoms with Crippen LogP contribution in [-0.2, 0) is 0 Å². The van der Waals surface area contributed by atoms with Gasteiger partial charge < -0.3 is 5.11 Å². The molecule has 2 rings (SSSR count). The van der Waals surface area contributed by atoms with Gasteiger partial charge in [0, 0.05) is 10.6 Å². The normalized spacial score (nSPS) is 9.31. The van der Waals surface area contributed by atoms with E-state index in [1.54, 1.807) is 30.3 Å². The van der Waals surface area contributed by atoms with Crippen LogP contribution in [0.3, 0.4) is 0 Å². The highest BCUT2D eigenvalue weighted by molar-refractivity contribution is 6.30. The number of phenols is 1. The predicted octanol–water partition coefficient (Wildman–Crippen LogP) is 3.45. The van der Waals surface area contributed by atoms with E-state index in [1.807, 2.05) is 18.2 Å². The molecule has 0 saturated heterocycles. The fraction of sp³-hybridized carbons (Fsp3) is 0. The summed E-state index contributed by atoms with van der Waals surface area (Å²) >= 11 is 5.77. The van der Waals surface area contributed by atoms with E-state index in [4.69, 9.17) is 11.6 Å². The van der Waals surface area contributed by atoms with Crippen LogP contribution in [0.15, 0.2) is 48.5 Å². The van der Waals surface area contributed by atoms with Crippen LogP contribution in [0.4, 0.5) is 0 Å². The van der Waals surface area contributed by atoms with Crippen molar-refractivity contribution in [3.8, 4) is 17.6 Å². The maximum absolute atomic E-state index is 9.51. The highest BCUT2D eigenvalue weighted by Crippen LogP contribution is 2.14. The Balaban J connectivity index is 2.29.